The highest BCUT2D eigenvalue weighted by atomic mass is 16.5. The Morgan fingerprint density at radius 2 is 1.82 bits per heavy atom. The SMILES string of the molecule is CC(=O)c1ccc2c(c1)N(CC(=O)Nc1ccc(N(C)C)cc1)C(=O)C(C)O2. The zero-order chi connectivity index (χ0) is 20.4. The van der Waals surface area contributed by atoms with Crippen LogP contribution in [0.5, 0.6) is 5.75 Å². The van der Waals surface area contributed by atoms with Crippen molar-refractivity contribution in [3.63, 3.8) is 0 Å². The first kappa shape index (κ1) is 19.4. The minimum atomic E-state index is -0.706. The predicted octanol–water partition coefficient (Wildman–Crippen LogP) is 2.71. The van der Waals surface area contributed by atoms with E-state index in [1.165, 1.54) is 11.8 Å². The maximum Gasteiger partial charge on any atom is 0.268 e. The van der Waals surface area contributed by atoms with Crippen molar-refractivity contribution in [3.8, 4) is 5.75 Å². The van der Waals surface area contributed by atoms with Crippen molar-refractivity contribution in [2.75, 3.05) is 35.8 Å². The van der Waals surface area contributed by atoms with E-state index in [-0.39, 0.29) is 24.1 Å². The fourth-order valence-corrected chi connectivity index (χ4v) is 2.98. The van der Waals surface area contributed by atoms with Gasteiger partial charge in [-0.2, -0.15) is 0 Å². The molecule has 1 heterocycles. The summed E-state index contributed by atoms with van der Waals surface area (Å²) in [5.74, 6) is -0.315. The predicted molar refractivity (Wildman–Crippen MR) is 108 cm³/mol. The van der Waals surface area contributed by atoms with Crippen LogP contribution in [0.25, 0.3) is 0 Å². The molecule has 1 atom stereocenters. The Labute approximate surface area is 163 Å². The van der Waals surface area contributed by atoms with Gasteiger partial charge in [0.2, 0.25) is 5.91 Å². The number of ether oxygens (including phenoxy) is 1. The van der Waals surface area contributed by atoms with Crippen LogP contribution in [0.2, 0.25) is 0 Å². The van der Waals surface area contributed by atoms with E-state index >= 15 is 0 Å². The second-order valence-corrected chi connectivity index (χ2v) is 6.91. The summed E-state index contributed by atoms with van der Waals surface area (Å²) in [6.45, 7) is 2.91. The molecule has 2 amide bonds. The number of ketones is 1. The van der Waals surface area contributed by atoms with E-state index in [4.69, 9.17) is 4.74 Å². The molecule has 0 aromatic heterocycles. The molecular formula is C21H23N3O4. The molecule has 7 heteroatoms. The third kappa shape index (κ3) is 3.98. The van der Waals surface area contributed by atoms with Crippen molar-refractivity contribution in [3.05, 3.63) is 48.0 Å². The molecule has 0 saturated heterocycles. The first-order valence-corrected chi connectivity index (χ1v) is 8.96. The number of hydrogen-bond donors (Lipinski definition) is 1. The van der Waals surface area contributed by atoms with Crippen LogP contribution in [0.1, 0.15) is 24.2 Å². The summed E-state index contributed by atoms with van der Waals surface area (Å²) in [6, 6.07) is 12.3. The van der Waals surface area contributed by atoms with Gasteiger partial charge in [0.15, 0.2) is 11.9 Å². The van der Waals surface area contributed by atoms with E-state index in [1.54, 1.807) is 37.3 Å². The standard InChI is InChI=1S/C21H23N3O4/c1-13(25)15-5-10-19-18(11-15)24(21(27)14(2)28-19)12-20(26)22-16-6-8-17(9-7-16)23(3)4/h5-11,14H,12H2,1-4H3,(H,22,26). The maximum atomic E-state index is 12.6. The number of benzene rings is 2. The molecule has 3 rings (SSSR count). The summed E-state index contributed by atoms with van der Waals surface area (Å²) >= 11 is 0. The number of anilines is 3. The van der Waals surface area contributed by atoms with Crippen LogP contribution in [-0.2, 0) is 9.59 Å². The Hall–Kier alpha value is -3.35. The highest BCUT2D eigenvalue weighted by Crippen LogP contribution is 2.35. The lowest BCUT2D eigenvalue weighted by molar-refractivity contribution is -0.127. The highest BCUT2D eigenvalue weighted by Gasteiger charge is 2.33. The molecule has 0 radical (unpaired) electrons. The van der Waals surface area contributed by atoms with E-state index in [0.29, 0.717) is 22.7 Å². The molecule has 0 saturated carbocycles. The summed E-state index contributed by atoms with van der Waals surface area (Å²) in [6.07, 6.45) is -0.706. The molecule has 1 unspecified atom stereocenters. The van der Waals surface area contributed by atoms with Gasteiger partial charge < -0.3 is 15.0 Å². The van der Waals surface area contributed by atoms with Crippen molar-refractivity contribution < 1.29 is 19.1 Å². The summed E-state index contributed by atoms with van der Waals surface area (Å²) in [4.78, 5) is 40.2. The van der Waals surface area contributed by atoms with Crippen molar-refractivity contribution in [1.29, 1.82) is 0 Å². The Bertz CT molecular complexity index is 922. The summed E-state index contributed by atoms with van der Waals surface area (Å²) in [5, 5.41) is 2.80. The summed E-state index contributed by atoms with van der Waals surface area (Å²) < 4.78 is 5.61. The highest BCUT2D eigenvalue weighted by molar-refractivity contribution is 6.07. The molecule has 0 aliphatic carbocycles. The number of hydrogen-bond acceptors (Lipinski definition) is 5. The monoisotopic (exact) mass is 381 g/mol. The minimum Gasteiger partial charge on any atom is -0.479 e. The van der Waals surface area contributed by atoms with Crippen molar-refractivity contribution in [2.24, 2.45) is 0 Å². The van der Waals surface area contributed by atoms with Crippen LogP contribution in [0.4, 0.5) is 17.1 Å². The van der Waals surface area contributed by atoms with Gasteiger partial charge in [-0.3, -0.25) is 19.3 Å². The van der Waals surface area contributed by atoms with Crippen LogP contribution < -0.4 is 19.9 Å². The number of carbonyl (C=O) groups excluding carboxylic acids is 3. The summed E-state index contributed by atoms with van der Waals surface area (Å²) in [7, 11) is 3.87. The summed E-state index contributed by atoms with van der Waals surface area (Å²) in [5.41, 5.74) is 2.53. The second kappa shape index (κ2) is 7.72. The van der Waals surface area contributed by atoms with Gasteiger partial charge in [0.25, 0.3) is 5.91 Å². The Morgan fingerprint density at radius 1 is 1.14 bits per heavy atom. The average molecular weight is 381 g/mol. The van der Waals surface area contributed by atoms with Crippen molar-refractivity contribution >= 4 is 34.7 Å². The van der Waals surface area contributed by atoms with Crippen molar-refractivity contribution in [2.45, 2.75) is 20.0 Å². The third-order valence-electron chi connectivity index (χ3n) is 4.54. The average Bonchev–Trinajstić information content (AvgIpc) is 2.65. The lowest BCUT2D eigenvalue weighted by atomic mass is 10.1. The number of Topliss-reactive ketones (excluding diaryl/α,β-unsaturated/α-hetero) is 1. The molecule has 2 aromatic carbocycles. The fraction of sp³-hybridized carbons (Fsp3) is 0.286. The molecule has 0 fully saturated rings. The molecule has 2 aromatic rings. The normalized spacial score (nSPS) is 15.5. The maximum absolute atomic E-state index is 12.6. The Morgan fingerprint density at radius 3 is 2.43 bits per heavy atom. The topological polar surface area (TPSA) is 79.0 Å². The molecular weight excluding hydrogens is 358 g/mol. The smallest absolute Gasteiger partial charge is 0.268 e. The zero-order valence-corrected chi connectivity index (χ0v) is 16.4. The van der Waals surface area contributed by atoms with Crippen LogP contribution >= 0.6 is 0 Å². The molecule has 1 aliphatic rings. The number of rotatable bonds is 5. The Balaban J connectivity index is 1.80. The van der Waals surface area contributed by atoms with Crippen LogP contribution in [-0.4, -0.2) is 44.3 Å². The van der Waals surface area contributed by atoms with Gasteiger partial charge in [0.1, 0.15) is 12.3 Å². The molecule has 0 bridgehead atoms. The van der Waals surface area contributed by atoms with E-state index in [0.717, 1.165) is 5.69 Å². The number of nitrogens with one attached hydrogen (secondary N) is 1. The van der Waals surface area contributed by atoms with Gasteiger partial charge in [-0.15, -0.1) is 0 Å². The van der Waals surface area contributed by atoms with Gasteiger partial charge in [0.05, 0.1) is 5.69 Å². The second-order valence-electron chi connectivity index (χ2n) is 6.91. The zero-order valence-electron chi connectivity index (χ0n) is 16.4. The molecule has 1 N–H and O–H groups in total. The van der Waals surface area contributed by atoms with E-state index in [1.807, 2.05) is 31.1 Å². The van der Waals surface area contributed by atoms with Gasteiger partial charge >= 0.3 is 0 Å². The first-order chi connectivity index (χ1) is 13.3. The van der Waals surface area contributed by atoms with Gasteiger partial charge in [-0.1, -0.05) is 0 Å². The van der Waals surface area contributed by atoms with E-state index in [9.17, 15) is 14.4 Å². The first-order valence-electron chi connectivity index (χ1n) is 8.96. The quantitative estimate of drug-likeness (QED) is 0.806. The van der Waals surface area contributed by atoms with Gasteiger partial charge in [-0.05, 0) is 56.3 Å². The van der Waals surface area contributed by atoms with Crippen molar-refractivity contribution in [1.82, 2.24) is 0 Å². The number of nitrogens with zero attached hydrogens (tertiary/aromatic N) is 2. The third-order valence-corrected chi connectivity index (χ3v) is 4.54. The number of carbonyl (C=O) groups is 3. The van der Waals surface area contributed by atoms with Crippen LogP contribution in [0.15, 0.2) is 42.5 Å². The lowest BCUT2D eigenvalue weighted by Crippen LogP contribution is -2.47. The molecule has 0 spiro atoms. The van der Waals surface area contributed by atoms with E-state index in [2.05, 4.69) is 5.32 Å². The molecule has 146 valence electrons. The molecule has 7 nitrogen and oxygen atoms in total. The molecule has 1 aliphatic heterocycles. The Kier molecular flexibility index (Phi) is 5.35. The van der Waals surface area contributed by atoms with Gasteiger partial charge in [0, 0.05) is 31.0 Å². The van der Waals surface area contributed by atoms with Crippen LogP contribution in [0, 0.1) is 0 Å². The lowest BCUT2D eigenvalue weighted by Gasteiger charge is -2.32. The minimum absolute atomic E-state index is 0.126. The van der Waals surface area contributed by atoms with E-state index < -0.39 is 6.10 Å². The molecule has 28 heavy (non-hydrogen) atoms. The van der Waals surface area contributed by atoms with Gasteiger partial charge in [-0.25, -0.2) is 0 Å². The van der Waals surface area contributed by atoms with Crippen LogP contribution in [0.3, 0.4) is 0 Å². The largest absolute Gasteiger partial charge is 0.479 e. The number of amides is 2. The number of fused-ring (bicyclic) bond motifs is 1. The fourth-order valence-electron chi connectivity index (χ4n) is 2.98.